The van der Waals surface area contributed by atoms with Gasteiger partial charge in [0, 0.05) is 6.54 Å². The summed E-state index contributed by atoms with van der Waals surface area (Å²) in [7, 11) is 0. The van der Waals surface area contributed by atoms with Crippen molar-refractivity contribution < 1.29 is 9.90 Å². The highest BCUT2D eigenvalue weighted by molar-refractivity contribution is 5.48. The van der Waals surface area contributed by atoms with Crippen molar-refractivity contribution in [3.05, 3.63) is 0 Å². The molecule has 1 heterocycles. The minimum atomic E-state index is -0.320. The van der Waals surface area contributed by atoms with Gasteiger partial charge in [0.1, 0.15) is 0 Å². The standard InChI is InChI=1S/C7H13NO2/c1-6-7(10)3-2-4-8(6)5-9/h5-7,10H,2-4H2,1H3. The lowest BCUT2D eigenvalue weighted by atomic mass is 10.0. The number of nitrogens with zero attached hydrogens (tertiary/aromatic N) is 1. The van der Waals surface area contributed by atoms with E-state index in [1.54, 1.807) is 4.90 Å². The van der Waals surface area contributed by atoms with E-state index in [0.717, 1.165) is 25.8 Å². The number of aliphatic hydroxyl groups is 1. The molecular formula is C7H13NO2. The average molecular weight is 143 g/mol. The molecule has 1 aliphatic heterocycles. The molecule has 3 nitrogen and oxygen atoms in total. The van der Waals surface area contributed by atoms with Crippen LogP contribution < -0.4 is 0 Å². The SMILES string of the molecule is CC1C(O)CCCN1C=O. The first kappa shape index (κ1) is 7.54. The molecular weight excluding hydrogens is 130 g/mol. The maximum atomic E-state index is 10.3. The Labute approximate surface area is 60.6 Å². The zero-order valence-corrected chi connectivity index (χ0v) is 6.16. The molecule has 0 spiro atoms. The molecule has 1 aliphatic rings. The number of hydrogen-bond acceptors (Lipinski definition) is 2. The number of carbonyl (C=O) groups is 1. The van der Waals surface area contributed by atoms with Crippen LogP contribution in [0.5, 0.6) is 0 Å². The van der Waals surface area contributed by atoms with Gasteiger partial charge in [-0.1, -0.05) is 0 Å². The molecule has 0 bridgehead atoms. The van der Waals surface area contributed by atoms with Crippen LogP contribution in [-0.2, 0) is 4.79 Å². The molecule has 0 saturated carbocycles. The molecule has 1 fully saturated rings. The molecule has 0 radical (unpaired) electrons. The van der Waals surface area contributed by atoms with Crippen molar-refractivity contribution in [3.8, 4) is 0 Å². The number of hydrogen-bond donors (Lipinski definition) is 1. The average Bonchev–Trinajstić information content (AvgIpc) is 1.95. The molecule has 2 unspecified atom stereocenters. The lowest BCUT2D eigenvalue weighted by Gasteiger charge is -2.33. The minimum absolute atomic E-state index is 0.00579. The fourth-order valence-corrected chi connectivity index (χ4v) is 1.30. The van der Waals surface area contributed by atoms with Crippen LogP contribution >= 0.6 is 0 Å². The first-order valence-corrected chi connectivity index (χ1v) is 3.65. The van der Waals surface area contributed by atoms with Gasteiger partial charge in [0.25, 0.3) is 0 Å². The van der Waals surface area contributed by atoms with Crippen LogP contribution in [0.25, 0.3) is 0 Å². The third kappa shape index (κ3) is 1.29. The van der Waals surface area contributed by atoms with Crippen LogP contribution in [0.15, 0.2) is 0 Å². The molecule has 0 aromatic heterocycles. The van der Waals surface area contributed by atoms with Crippen molar-refractivity contribution in [2.75, 3.05) is 6.54 Å². The minimum Gasteiger partial charge on any atom is -0.391 e. The maximum Gasteiger partial charge on any atom is 0.210 e. The number of piperidine rings is 1. The van der Waals surface area contributed by atoms with Gasteiger partial charge >= 0.3 is 0 Å². The second kappa shape index (κ2) is 3.01. The smallest absolute Gasteiger partial charge is 0.210 e. The number of aliphatic hydroxyl groups excluding tert-OH is 1. The van der Waals surface area contributed by atoms with Crippen LogP contribution in [0.4, 0.5) is 0 Å². The van der Waals surface area contributed by atoms with Crippen LogP contribution in [-0.4, -0.2) is 35.1 Å². The van der Waals surface area contributed by atoms with Gasteiger partial charge in [-0.15, -0.1) is 0 Å². The first-order chi connectivity index (χ1) is 4.75. The molecule has 1 rings (SSSR count). The highest BCUT2D eigenvalue weighted by Gasteiger charge is 2.24. The third-order valence-electron chi connectivity index (χ3n) is 2.13. The Morgan fingerprint density at radius 1 is 1.70 bits per heavy atom. The quantitative estimate of drug-likeness (QED) is 0.524. The summed E-state index contributed by atoms with van der Waals surface area (Å²) in [6, 6.07) is 0.00579. The fraction of sp³-hybridized carbons (Fsp3) is 0.857. The molecule has 0 aromatic rings. The highest BCUT2D eigenvalue weighted by atomic mass is 16.3. The molecule has 0 aliphatic carbocycles. The summed E-state index contributed by atoms with van der Waals surface area (Å²) in [5, 5.41) is 9.28. The van der Waals surface area contributed by atoms with Gasteiger partial charge in [-0.05, 0) is 19.8 Å². The van der Waals surface area contributed by atoms with Crippen molar-refractivity contribution in [3.63, 3.8) is 0 Å². The van der Waals surface area contributed by atoms with Gasteiger partial charge in [-0.25, -0.2) is 0 Å². The zero-order valence-electron chi connectivity index (χ0n) is 6.16. The summed E-state index contributed by atoms with van der Waals surface area (Å²) in [5.74, 6) is 0. The van der Waals surface area contributed by atoms with Crippen molar-refractivity contribution in [2.24, 2.45) is 0 Å². The van der Waals surface area contributed by atoms with Gasteiger partial charge < -0.3 is 10.0 Å². The monoisotopic (exact) mass is 143 g/mol. The Balaban J connectivity index is 2.50. The largest absolute Gasteiger partial charge is 0.391 e. The van der Waals surface area contributed by atoms with E-state index in [1.807, 2.05) is 6.92 Å². The van der Waals surface area contributed by atoms with E-state index >= 15 is 0 Å². The van der Waals surface area contributed by atoms with E-state index in [9.17, 15) is 9.90 Å². The molecule has 58 valence electrons. The third-order valence-corrected chi connectivity index (χ3v) is 2.13. The number of rotatable bonds is 1. The Morgan fingerprint density at radius 3 is 2.90 bits per heavy atom. The van der Waals surface area contributed by atoms with Gasteiger partial charge in [0.05, 0.1) is 12.1 Å². The molecule has 1 amide bonds. The van der Waals surface area contributed by atoms with Crippen molar-refractivity contribution in [1.29, 1.82) is 0 Å². The molecule has 0 aromatic carbocycles. The molecule has 3 heteroatoms. The molecule has 10 heavy (non-hydrogen) atoms. The van der Waals surface area contributed by atoms with E-state index in [0.29, 0.717) is 0 Å². The Kier molecular flexibility index (Phi) is 2.27. The maximum absolute atomic E-state index is 10.3. The first-order valence-electron chi connectivity index (χ1n) is 3.65. The van der Waals surface area contributed by atoms with Crippen molar-refractivity contribution in [1.82, 2.24) is 4.90 Å². The van der Waals surface area contributed by atoms with E-state index in [4.69, 9.17) is 0 Å². The van der Waals surface area contributed by atoms with Crippen LogP contribution in [0.2, 0.25) is 0 Å². The van der Waals surface area contributed by atoms with E-state index < -0.39 is 0 Å². The van der Waals surface area contributed by atoms with Crippen LogP contribution in [0, 0.1) is 0 Å². The summed E-state index contributed by atoms with van der Waals surface area (Å²) in [4.78, 5) is 12.0. The summed E-state index contributed by atoms with van der Waals surface area (Å²) in [6.07, 6.45) is 2.24. The normalized spacial score (nSPS) is 34.0. The van der Waals surface area contributed by atoms with Crippen LogP contribution in [0.1, 0.15) is 19.8 Å². The van der Waals surface area contributed by atoms with Crippen molar-refractivity contribution >= 4 is 6.41 Å². The summed E-state index contributed by atoms with van der Waals surface area (Å²) >= 11 is 0. The van der Waals surface area contributed by atoms with Crippen molar-refractivity contribution in [2.45, 2.75) is 31.9 Å². The predicted molar refractivity (Wildman–Crippen MR) is 37.5 cm³/mol. The van der Waals surface area contributed by atoms with Gasteiger partial charge in [-0.3, -0.25) is 4.79 Å². The van der Waals surface area contributed by atoms with E-state index in [1.165, 1.54) is 0 Å². The van der Waals surface area contributed by atoms with Gasteiger partial charge in [0.2, 0.25) is 6.41 Å². The topological polar surface area (TPSA) is 40.5 Å². The summed E-state index contributed by atoms with van der Waals surface area (Å²) < 4.78 is 0. The van der Waals surface area contributed by atoms with E-state index in [-0.39, 0.29) is 12.1 Å². The number of likely N-dealkylation sites (tertiary alicyclic amines) is 1. The van der Waals surface area contributed by atoms with Gasteiger partial charge in [0.15, 0.2) is 0 Å². The molecule has 1 N–H and O–H groups in total. The molecule has 1 saturated heterocycles. The number of carbonyl (C=O) groups excluding carboxylic acids is 1. The summed E-state index contributed by atoms with van der Waals surface area (Å²) in [5.41, 5.74) is 0. The second-order valence-corrected chi connectivity index (χ2v) is 2.79. The fourth-order valence-electron chi connectivity index (χ4n) is 1.30. The molecule has 2 atom stereocenters. The zero-order chi connectivity index (χ0) is 7.56. The lowest BCUT2D eigenvalue weighted by molar-refractivity contribution is -0.124. The highest BCUT2D eigenvalue weighted by Crippen LogP contribution is 2.14. The second-order valence-electron chi connectivity index (χ2n) is 2.79. The summed E-state index contributed by atoms with van der Waals surface area (Å²) in [6.45, 7) is 2.67. The Bertz CT molecular complexity index is 127. The lowest BCUT2D eigenvalue weighted by Crippen LogP contribution is -2.45. The van der Waals surface area contributed by atoms with Crippen LogP contribution in [0.3, 0.4) is 0 Å². The Morgan fingerprint density at radius 2 is 2.40 bits per heavy atom. The van der Waals surface area contributed by atoms with Gasteiger partial charge in [-0.2, -0.15) is 0 Å². The Hall–Kier alpha value is -0.570. The number of amides is 1. The predicted octanol–water partition coefficient (Wildman–Crippen LogP) is -0.0120. The van der Waals surface area contributed by atoms with E-state index in [2.05, 4.69) is 0 Å².